The molecule has 5 heteroatoms. The Hall–Kier alpha value is -1.82. The Kier molecular flexibility index (Phi) is 17.3. The lowest BCUT2D eigenvalue weighted by Gasteiger charge is -2.36. The van der Waals surface area contributed by atoms with E-state index in [0.29, 0.717) is 5.92 Å². The smallest absolute Gasteiger partial charge is 0.191 e. The fourth-order valence-corrected chi connectivity index (χ4v) is 13.1. The molecule has 288 valence electrons. The van der Waals surface area contributed by atoms with Gasteiger partial charge < -0.3 is 8.85 Å². The molecule has 0 bridgehead atoms. The fraction of sp³-hybridized carbons (Fsp3) is 0.574. The largest absolute Gasteiger partial charge is 0.417 e. The Morgan fingerprint density at radius 1 is 0.635 bits per heavy atom. The second-order valence-electron chi connectivity index (χ2n) is 18.3. The number of unbranched alkanes of at least 4 members (excludes halogenated alkanes) is 2. The summed E-state index contributed by atoms with van der Waals surface area (Å²) < 4.78 is 13.2. The maximum absolute atomic E-state index is 6.73. The standard InChI is InChI=1S/C47H76O2PSi2/c1-13-14-17-26-41(28-23-37-48-51(9,10)46(3,4)5)27-22-25-40(2)42-33-35-45(36-34-42)50(43-29-18-15-19-30-43,44-31-20-16-21-32-44)39-24-38-49-52(11,12)47(6,7)8/h15-16,18-21,28-36,40H,13-14,17,22-27,37-39H2,1-12H3/q+1/b41-28-. The first kappa shape index (κ1) is 44.6. The fourth-order valence-electron chi connectivity index (χ4n) is 6.63. The quantitative estimate of drug-likeness (QED) is 0.0466. The number of allylic oxidation sites excluding steroid dienone is 1. The zero-order chi connectivity index (χ0) is 38.5. The number of rotatable bonds is 21. The van der Waals surface area contributed by atoms with Crippen LogP contribution in [0.1, 0.15) is 125 Å². The van der Waals surface area contributed by atoms with Gasteiger partial charge in [-0.2, -0.15) is 0 Å². The van der Waals surface area contributed by atoms with Gasteiger partial charge in [-0.05, 0) is 123 Å². The first-order valence-electron chi connectivity index (χ1n) is 20.5. The van der Waals surface area contributed by atoms with Gasteiger partial charge in [0.1, 0.15) is 23.2 Å². The molecule has 3 aromatic rings. The Morgan fingerprint density at radius 3 is 1.62 bits per heavy atom. The molecule has 0 aliphatic rings. The van der Waals surface area contributed by atoms with Gasteiger partial charge in [-0.15, -0.1) is 0 Å². The molecule has 0 N–H and O–H groups in total. The van der Waals surface area contributed by atoms with Gasteiger partial charge in [0.25, 0.3) is 0 Å². The van der Waals surface area contributed by atoms with Crippen molar-refractivity contribution in [3.63, 3.8) is 0 Å². The molecule has 0 spiro atoms. The summed E-state index contributed by atoms with van der Waals surface area (Å²) in [6, 6.07) is 32.5. The monoisotopic (exact) mass is 760 g/mol. The van der Waals surface area contributed by atoms with Gasteiger partial charge in [-0.3, -0.25) is 0 Å². The van der Waals surface area contributed by atoms with Crippen molar-refractivity contribution in [3.8, 4) is 0 Å². The maximum Gasteiger partial charge on any atom is 0.191 e. The van der Waals surface area contributed by atoms with Crippen LogP contribution in [0.4, 0.5) is 0 Å². The molecule has 3 aromatic carbocycles. The first-order valence-corrected chi connectivity index (χ1v) is 28.3. The minimum Gasteiger partial charge on any atom is -0.417 e. The van der Waals surface area contributed by atoms with E-state index >= 15 is 0 Å². The molecule has 3 rings (SSSR count). The molecule has 1 atom stereocenters. The van der Waals surface area contributed by atoms with E-state index in [2.05, 4.69) is 173 Å². The summed E-state index contributed by atoms with van der Waals surface area (Å²) in [5, 5.41) is 4.89. The number of benzene rings is 3. The minimum absolute atomic E-state index is 0.219. The second kappa shape index (κ2) is 20.2. The molecular weight excluding hydrogens is 684 g/mol. The summed E-state index contributed by atoms with van der Waals surface area (Å²) in [6.07, 6.45) is 14.5. The molecule has 0 fully saturated rings. The summed E-state index contributed by atoms with van der Waals surface area (Å²) in [5.74, 6) is 0.534. The van der Waals surface area contributed by atoms with Gasteiger partial charge >= 0.3 is 0 Å². The summed E-state index contributed by atoms with van der Waals surface area (Å²) in [4.78, 5) is 0. The summed E-state index contributed by atoms with van der Waals surface area (Å²) >= 11 is 0. The highest BCUT2D eigenvalue weighted by molar-refractivity contribution is 7.95. The van der Waals surface area contributed by atoms with E-state index in [1.54, 1.807) is 5.57 Å². The molecule has 0 saturated carbocycles. The normalized spacial score (nSPS) is 14.1. The van der Waals surface area contributed by atoms with Crippen LogP contribution in [0, 0.1) is 0 Å². The predicted octanol–water partition coefficient (Wildman–Crippen LogP) is 13.6. The highest BCUT2D eigenvalue weighted by Gasteiger charge is 2.45. The Morgan fingerprint density at radius 2 is 1.12 bits per heavy atom. The zero-order valence-electron chi connectivity index (χ0n) is 35.5. The summed E-state index contributed by atoms with van der Waals surface area (Å²) in [7, 11) is -5.39. The maximum atomic E-state index is 6.73. The second-order valence-corrected chi connectivity index (χ2v) is 31.5. The van der Waals surface area contributed by atoms with E-state index in [9.17, 15) is 0 Å². The van der Waals surface area contributed by atoms with Crippen LogP contribution in [-0.2, 0) is 8.85 Å². The van der Waals surface area contributed by atoms with Crippen LogP contribution in [0.25, 0.3) is 0 Å². The van der Waals surface area contributed by atoms with Crippen LogP contribution in [0.3, 0.4) is 0 Å². The van der Waals surface area contributed by atoms with E-state index < -0.39 is 23.9 Å². The topological polar surface area (TPSA) is 18.5 Å². The molecule has 1 unspecified atom stereocenters. The molecule has 52 heavy (non-hydrogen) atoms. The Labute approximate surface area is 324 Å². The lowest BCUT2D eigenvalue weighted by Crippen LogP contribution is -2.41. The van der Waals surface area contributed by atoms with Crippen LogP contribution in [0.5, 0.6) is 0 Å². The van der Waals surface area contributed by atoms with Gasteiger partial charge in [0.15, 0.2) is 16.6 Å². The van der Waals surface area contributed by atoms with Crippen LogP contribution in [-0.4, -0.2) is 36.0 Å². The van der Waals surface area contributed by atoms with E-state index in [4.69, 9.17) is 8.85 Å². The van der Waals surface area contributed by atoms with E-state index in [1.807, 2.05) is 0 Å². The average Bonchev–Trinajstić information content (AvgIpc) is 3.10. The van der Waals surface area contributed by atoms with Gasteiger partial charge in [0.2, 0.25) is 0 Å². The van der Waals surface area contributed by atoms with Gasteiger partial charge in [0, 0.05) is 19.6 Å². The molecule has 0 aromatic heterocycles. The van der Waals surface area contributed by atoms with Gasteiger partial charge in [0.05, 0.1) is 6.16 Å². The lowest BCUT2D eigenvalue weighted by atomic mass is 9.93. The zero-order valence-corrected chi connectivity index (χ0v) is 38.4. The molecule has 0 heterocycles. The lowest BCUT2D eigenvalue weighted by molar-refractivity contribution is 0.289. The average molecular weight is 760 g/mol. The third kappa shape index (κ3) is 12.6. The molecular formula is C47H76O2PSi2+. The molecule has 0 aliphatic carbocycles. The van der Waals surface area contributed by atoms with Crippen LogP contribution in [0.15, 0.2) is 96.6 Å². The third-order valence-corrected chi connectivity index (χ3v) is 25.9. The third-order valence-electron chi connectivity index (χ3n) is 12.3. The van der Waals surface area contributed by atoms with Crippen LogP contribution in [0.2, 0.25) is 36.3 Å². The van der Waals surface area contributed by atoms with Crippen molar-refractivity contribution in [2.24, 2.45) is 0 Å². The highest BCUT2D eigenvalue weighted by Crippen LogP contribution is 2.56. The summed E-state index contributed by atoms with van der Waals surface area (Å²) in [5.41, 5.74) is 3.11. The first-order chi connectivity index (χ1) is 24.4. The van der Waals surface area contributed by atoms with Crippen molar-refractivity contribution >= 4 is 39.8 Å². The van der Waals surface area contributed by atoms with Crippen molar-refractivity contribution in [2.75, 3.05) is 19.4 Å². The van der Waals surface area contributed by atoms with Crippen molar-refractivity contribution in [2.45, 2.75) is 155 Å². The van der Waals surface area contributed by atoms with Crippen molar-refractivity contribution in [1.82, 2.24) is 0 Å². The van der Waals surface area contributed by atoms with Crippen LogP contribution < -0.4 is 15.9 Å². The van der Waals surface area contributed by atoms with Gasteiger partial charge in [-0.25, -0.2) is 0 Å². The van der Waals surface area contributed by atoms with E-state index in [0.717, 1.165) is 32.2 Å². The summed E-state index contributed by atoms with van der Waals surface area (Å²) in [6.45, 7) is 29.9. The number of hydrogen-bond donors (Lipinski definition) is 0. The molecule has 0 saturated heterocycles. The Balaban J connectivity index is 1.77. The highest BCUT2D eigenvalue weighted by atomic mass is 31.2. The van der Waals surface area contributed by atoms with E-state index in [-0.39, 0.29) is 10.1 Å². The predicted molar refractivity (Wildman–Crippen MR) is 240 cm³/mol. The molecule has 0 aliphatic heterocycles. The molecule has 2 nitrogen and oxygen atoms in total. The van der Waals surface area contributed by atoms with Gasteiger partial charge in [-0.1, -0.05) is 128 Å². The van der Waals surface area contributed by atoms with Crippen molar-refractivity contribution < 1.29 is 8.85 Å². The van der Waals surface area contributed by atoms with Crippen molar-refractivity contribution in [3.05, 3.63) is 102 Å². The minimum atomic E-state index is -1.89. The Bertz CT molecular complexity index is 1430. The van der Waals surface area contributed by atoms with E-state index in [1.165, 1.54) is 66.4 Å². The van der Waals surface area contributed by atoms with Crippen LogP contribution >= 0.6 is 7.26 Å². The van der Waals surface area contributed by atoms with Crippen molar-refractivity contribution in [1.29, 1.82) is 0 Å². The SMILES string of the molecule is CCCCC/C(=C/CCO[Si](C)(C)C(C)(C)C)CCCC(C)c1ccc([P+](CCCO[Si](C)(C)C(C)(C)C)(c2ccccc2)c2ccccc2)cc1. The molecule has 0 radical (unpaired) electrons. The number of hydrogen-bond acceptors (Lipinski definition) is 2. The molecule has 0 amide bonds.